The van der Waals surface area contributed by atoms with Gasteiger partial charge in [-0.05, 0) is 0 Å². The van der Waals surface area contributed by atoms with Crippen molar-refractivity contribution in [3.63, 3.8) is 0 Å². The maximum atomic E-state index is 3.87. The maximum absolute atomic E-state index is 3.87. The minimum Gasteiger partial charge on any atom is -0.281 e. The Morgan fingerprint density at radius 1 is 1.80 bits per heavy atom. The fourth-order valence-electron chi connectivity index (χ4n) is 0.0354. The lowest BCUT2D eigenvalue weighted by Crippen LogP contribution is -1.90. The van der Waals surface area contributed by atoms with Crippen LogP contribution in [-0.2, 0) is 0 Å². The highest BCUT2D eigenvalue weighted by Gasteiger charge is 1.63. The Labute approximate surface area is 44.3 Å². The Kier molecular flexibility index (Phi) is 6.20. The van der Waals surface area contributed by atoms with Crippen molar-refractivity contribution in [2.24, 2.45) is 0 Å². The highest BCUT2D eigenvalue weighted by molar-refractivity contribution is 8.37. The molecule has 0 rings (SSSR count). The number of rotatable bonds is 2. The molecule has 32 valence electrons. The second-order valence-corrected chi connectivity index (χ2v) is 2.01. The molecular formula is CH6NPS2. The Balaban J connectivity index is 2.19. The van der Waals surface area contributed by atoms with Crippen LogP contribution >= 0.6 is 32.8 Å². The van der Waals surface area contributed by atoms with E-state index in [-0.39, 0.29) is 0 Å². The highest BCUT2D eigenvalue weighted by atomic mass is 32.7. The molecule has 1 atom stereocenters. The summed E-state index contributed by atoms with van der Waals surface area (Å²) >= 11 is 7.72. The summed E-state index contributed by atoms with van der Waals surface area (Å²) in [6, 6.07) is 0. The van der Waals surface area contributed by atoms with Crippen LogP contribution in [-0.4, -0.2) is 5.88 Å². The first-order chi connectivity index (χ1) is 2.41. The standard InChI is InChI=1S/CH6NPS2/c4-1-2-3-5/h2-5H,1H2. The second-order valence-electron chi connectivity index (χ2n) is 0.447. The van der Waals surface area contributed by atoms with E-state index in [9.17, 15) is 0 Å². The fourth-order valence-corrected chi connectivity index (χ4v) is 0.955. The molecule has 0 aromatic heterocycles. The van der Waals surface area contributed by atoms with Crippen molar-refractivity contribution in [3.8, 4) is 0 Å². The summed E-state index contributed by atoms with van der Waals surface area (Å²) in [6.45, 7) is 0. The van der Waals surface area contributed by atoms with E-state index in [2.05, 4.69) is 30.0 Å². The molecule has 0 amide bonds. The molecule has 0 saturated carbocycles. The van der Waals surface area contributed by atoms with E-state index in [1.807, 2.05) is 0 Å². The Morgan fingerprint density at radius 2 is 2.40 bits per heavy atom. The fraction of sp³-hybridized carbons (Fsp3) is 1.00. The molecule has 0 radical (unpaired) electrons. The molecule has 0 aliphatic rings. The lowest BCUT2D eigenvalue weighted by molar-refractivity contribution is 1.25. The van der Waals surface area contributed by atoms with Gasteiger partial charge in [-0.1, -0.05) is 0 Å². The van der Waals surface area contributed by atoms with Gasteiger partial charge in [0.1, 0.15) is 0 Å². The van der Waals surface area contributed by atoms with Crippen molar-refractivity contribution < 1.29 is 0 Å². The Hall–Kier alpha value is 1.09. The topological polar surface area (TPSA) is 12.0 Å². The highest BCUT2D eigenvalue weighted by Crippen LogP contribution is 2.05. The number of hydrogen-bond acceptors (Lipinski definition) is 3. The molecule has 0 aromatic carbocycles. The van der Waals surface area contributed by atoms with E-state index in [0.29, 0.717) is 7.93 Å². The quantitative estimate of drug-likeness (QED) is 0.284. The van der Waals surface area contributed by atoms with Gasteiger partial charge < -0.3 is 0 Å². The number of thiol groups is 2. The summed E-state index contributed by atoms with van der Waals surface area (Å²) < 4.78 is 0. The largest absolute Gasteiger partial charge is 0.281 e. The lowest BCUT2D eigenvalue weighted by Gasteiger charge is -1.84. The molecule has 0 fully saturated rings. The first kappa shape index (κ1) is 6.09. The third-order valence-corrected chi connectivity index (χ3v) is 1.42. The van der Waals surface area contributed by atoms with E-state index >= 15 is 0 Å². The van der Waals surface area contributed by atoms with Gasteiger partial charge in [0, 0.05) is 13.8 Å². The van der Waals surface area contributed by atoms with E-state index in [1.165, 1.54) is 0 Å². The van der Waals surface area contributed by atoms with Crippen LogP contribution in [0.2, 0.25) is 0 Å². The van der Waals surface area contributed by atoms with Crippen molar-refractivity contribution in [1.29, 1.82) is 0 Å². The zero-order chi connectivity index (χ0) is 4.12. The van der Waals surface area contributed by atoms with Crippen LogP contribution < -0.4 is 5.09 Å². The minimum absolute atomic E-state index is 0.526. The molecule has 4 heteroatoms. The van der Waals surface area contributed by atoms with Gasteiger partial charge in [-0.2, -0.15) is 12.6 Å². The van der Waals surface area contributed by atoms with Crippen LogP contribution in [0.15, 0.2) is 0 Å². The first-order valence-corrected chi connectivity index (χ1v) is 4.06. The minimum atomic E-state index is 0.526. The summed E-state index contributed by atoms with van der Waals surface area (Å²) in [7, 11) is 0.526. The first-order valence-electron chi connectivity index (χ1n) is 1.14. The molecule has 0 bridgehead atoms. The van der Waals surface area contributed by atoms with Crippen LogP contribution in [0, 0.1) is 0 Å². The zero-order valence-electron chi connectivity index (χ0n) is 2.60. The van der Waals surface area contributed by atoms with Gasteiger partial charge in [-0.25, -0.2) is 0 Å². The van der Waals surface area contributed by atoms with E-state index in [0.717, 1.165) is 5.88 Å². The number of hydrogen-bond donors (Lipinski definition) is 3. The normalized spacial score (nSPS) is 10.8. The number of nitrogens with one attached hydrogen (secondary N) is 1. The average Bonchev–Trinajstić information content (AvgIpc) is 1.41. The van der Waals surface area contributed by atoms with Gasteiger partial charge in [-0.15, -0.1) is 12.2 Å². The van der Waals surface area contributed by atoms with E-state index < -0.39 is 0 Å². The van der Waals surface area contributed by atoms with Gasteiger partial charge in [0.05, 0.1) is 0 Å². The molecule has 1 nitrogen and oxygen atoms in total. The molecule has 5 heavy (non-hydrogen) atoms. The van der Waals surface area contributed by atoms with Gasteiger partial charge in [0.15, 0.2) is 0 Å². The van der Waals surface area contributed by atoms with Crippen LogP contribution in [0.4, 0.5) is 0 Å². The predicted molar refractivity (Wildman–Crippen MR) is 34.3 cm³/mol. The smallest absolute Gasteiger partial charge is 0.0427 e. The third kappa shape index (κ3) is 5.09. The molecule has 0 spiro atoms. The monoisotopic (exact) mass is 127 g/mol. The Bertz CT molecular complexity index is 17.1. The molecule has 0 aromatic rings. The molecule has 0 heterocycles. The Morgan fingerprint density at radius 3 is 2.40 bits per heavy atom. The van der Waals surface area contributed by atoms with Crippen LogP contribution in [0.25, 0.3) is 0 Å². The SMILES string of the molecule is SCNPS. The maximum Gasteiger partial charge on any atom is 0.0427 e. The molecular weight excluding hydrogens is 121 g/mol. The summed E-state index contributed by atoms with van der Waals surface area (Å²) in [4.78, 5) is 0. The predicted octanol–water partition coefficient (Wildman–Crippen LogP) is 0.902. The lowest BCUT2D eigenvalue weighted by atomic mass is 11.5. The molecule has 0 aliphatic heterocycles. The van der Waals surface area contributed by atoms with Crippen LogP contribution in [0.5, 0.6) is 0 Å². The molecule has 1 N–H and O–H groups in total. The van der Waals surface area contributed by atoms with Gasteiger partial charge in [-0.3, -0.25) is 5.09 Å². The third-order valence-electron chi connectivity index (χ3n) is 0.158. The van der Waals surface area contributed by atoms with E-state index in [4.69, 9.17) is 0 Å². The van der Waals surface area contributed by atoms with Gasteiger partial charge in [0.25, 0.3) is 0 Å². The van der Waals surface area contributed by atoms with Crippen molar-refractivity contribution in [1.82, 2.24) is 5.09 Å². The second kappa shape index (κ2) is 5.09. The molecule has 1 unspecified atom stereocenters. The van der Waals surface area contributed by atoms with Crippen molar-refractivity contribution in [2.45, 2.75) is 0 Å². The zero-order valence-corrected chi connectivity index (χ0v) is 5.39. The van der Waals surface area contributed by atoms with Crippen LogP contribution in [0.3, 0.4) is 0 Å². The van der Waals surface area contributed by atoms with Gasteiger partial charge >= 0.3 is 0 Å². The molecule has 0 saturated heterocycles. The van der Waals surface area contributed by atoms with Crippen molar-refractivity contribution in [2.75, 3.05) is 5.88 Å². The van der Waals surface area contributed by atoms with Crippen molar-refractivity contribution in [3.05, 3.63) is 0 Å². The summed E-state index contributed by atoms with van der Waals surface area (Å²) in [6.07, 6.45) is 0. The average molecular weight is 127 g/mol. The molecule has 0 aliphatic carbocycles. The van der Waals surface area contributed by atoms with Crippen LogP contribution in [0.1, 0.15) is 0 Å². The summed E-state index contributed by atoms with van der Waals surface area (Å²) in [5, 5.41) is 2.87. The summed E-state index contributed by atoms with van der Waals surface area (Å²) in [5.74, 6) is 0.724. The van der Waals surface area contributed by atoms with Crippen molar-refractivity contribution >= 4 is 32.8 Å². The van der Waals surface area contributed by atoms with E-state index in [1.54, 1.807) is 0 Å². The summed E-state index contributed by atoms with van der Waals surface area (Å²) in [5.41, 5.74) is 0. The van der Waals surface area contributed by atoms with Gasteiger partial charge in [0.2, 0.25) is 0 Å².